The summed E-state index contributed by atoms with van der Waals surface area (Å²) < 4.78 is 0. The zero-order valence-corrected chi connectivity index (χ0v) is 6.71. The molecule has 0 saturated carbocycles. The first kappa shape index (κ1) is 7.81. The second-order valence-corrected chi connectivity index (χ2v) is 1.43. The topological polar surface area (TPSA) is 27.0 Å². The summed E-state index contributed by atoms with van der Waals surface area (Å²) in [6.45, 7) is 1.97. The molecule has 0 aliphatic heterocycles. The molecule has 0 saturated heterocycles. The molecule has 1 rings (SSSR count). The van der Waals surface area contributed by atoms with E-state index in [0.29, 0.717) is 0 Å². The minimum Gasteiger partial charge on any atom is -1.00 e. The fourth-order valence-electron chi connectivity index (χ4n) is 0.407. The lowest BCUT2D eigenvalue weighted by molar-refractivity contribution is -0.463. The predicted octanol–water partition coefficient (Wildman–Crippen LogP) is -2.79. The standard InChI is InChI=1S/C5H6N2.HI/c1-5-3-2-4-6-7-5;/h2-4H,1H3;1H. The molecule has 0 radical (unpaired) electrons. The number of rotatable bonds is 0. The molecular formula is C5H7IN2. The van der Waals surface area contributed by atoms with Gasteiger partial charge in [-0.05, 0) is 11.2 Å². The summed E-state index contributed by atoms with van der Waals surface area (Å²) in [6.07, 6.45) is 1.72. The lowest BCUT2D eigenvalue weighted by atomic mass is 10.4. The van der Waals surface area contributed by atoms with Crippen LogP contribution >= 0.6 is 0 Å². The molecule has 0 bridgehead atoms. The minimum absolute atomic E-state index is 0. The van der Waals surface area contributed by atoms with E-state index in [9.17, 15) is 0 Å². The molecule has 3 heteroatoms. The van der Waals surface area contributed by atoms with Crippen LogP contribution < -0.4 is 29.1 Å². The van der Waals surface area contributed by atoms with E-state index >= 15 is 0 Å². The van der Waals surface area contributed by atoms with Gasteiger partial charge >= 0.3 is 0 Å². The van der Waals surface area contributed by atoms with E-state index < -0.39 is 0 Å². The van der Waals surface area contributed by atoms with Crippen LogP contribution in [0.15, 0.2) is 18.3 Å². The highest BCUT2D eigenvalue weighted by molar-refractivity contribution is 4.88. The number of halogens is 1. The van der Waals surface area contributed by atoms with Crippen molar-refractivity contribution in [3.8, 4) is 0 Å². The van der Waals surface area contributed by atoms with E-state index in [1.807, 2.05) is 19.1 Å². The first-order valence-corrected chi connectivity index (χ1v) is 2.19. The van der Waals surface area contributed by atoms with Crippen molar-refractivity contribution < 1.29 is 29.1 Å². The monoisotopic (exact) mass is 222 g/mol. The molecule has 0 atom stereocenters. The van der Waals surface area contributed by atoms with E-state index in [1.54, 1.807) is 6.20 Å². The van der Waals surface area contributed by atoms with Gasteiger partial charge in [-0.25, -0.2) is 0 Å². The van der Waals surface area contributed by atoms with Crippen molar-refractivity contribution in [2.24, 2.45) is 0 Å². The second-order valence-electron chi connectivity index (χ2n) is 1.43. The number of nitrogens with zero attached hydrogens (tertiary/aromatic N) is 1. The van der Waals surface area contributed by atoms with Gasteiger partial charge in [0.05, 0.1) is 6.20 Å². The van der Waals surface area contributed by atoms with Gasteiger partial charge in [0, 0.05) is 13.0 Å². The highest BCUT2D eigenvalue weighted by atomic mass is 127. The molecule has 1 N–H and O–H groups in total. The number of aromatic nitrogens is 2. The van der Waals surface area contributed by atoms with Gasteiger partial charge in [0.1, 0.15) is 0 Å². The summed E-state index contributed by atoms with van der Waals surface area (Å²) in [5, 5.41) is 6.54. The van der Waals surface area contributed by atoms with Gasteiger partial charge in [-0.1, -0.05) is 0 Å². The van der Waals surface area contributed by atoms with E-state index in [0.717, 1.165) is 5.69 Å². The van der Waals surface area contributed by atoms with Crippen molar-refractivity contribution in [2.45, 2.75) is 6.92 Å². The third-order valence-corrected chi connectivity index (χ3v) is 0.748. The van der Waals surface area contributed by atoms with E-state index in [1.165, 1.54) is 0 Å². The summed E-state index contributed by atoms with van der Waals surface area (Å²) >= 11 is 0. The van der Waals surface area contributed by atoms with Gasteiger partial charge in [-0.15, -0.1) is 5.10 Å². The van der Waals surface area contributed by atoms with Crippen molar-refractivity contribution >= 4 is 0 Å². The molecule has 1 heterocycles. The van der Waals surface area contributed by atoms with Crippen molar-refractivity contribution in [3.63, 3.8) is 0 Å². The van der Waals surface area contributed by atoms with Gasteiger partial charge in [0.25, 0.3) is 0 Å². The number of hydrogen-bond donors (Lipinski definition) is 0. The maximum absolute atomic E-state index is 3.76. The minimum atomic E-state index is 0. The van der Waals surface area contributed by atoms with E-state index in [2.05, 4.69) is 10.2 Å². The Morgan fingerprint density at radius 2 is 2.38 bits per heavy atom. The molecule has 1 aromatic rings. The third-order valence-electron chi connectivity index (χ3n) is 0.748. The largest absolute Gasteiger partial charge is 1.00 e. The number of H-pyrrole nitrogens is 1. The Morgan fingerprint density at radius 3 is 2.62 bits per heavy atom. The van der Waals surface area contributed by atoms with Crippen molar-refractivity contribution in [2.75, 3.05) is 0 Å². The average molecular weight is 222 g/mol. The molecule has 0 fully saturated rings. The number of aromatic amines is 1. The Balaban J connectivity index is 0.000000490. The van der Waals surface area contributed by atoms with Crippen LogP contribution in [-0.4, -0.2) is 5.10 Å². The Kier molecular flexibility index (Phi) is 3.68. The molecule has 0 amide bonds. The van der Waals surface area contributed by atoms with Crippen molar-refractivity contribution in [3.05, 3.63) is 24.0 Å². The van der Waals surface area contributed by atoms with Crippen LogP contribution in [0.25, 0.3) is 0 Å². The summed E-state index contributed by atoms with van der Waals surface area (Å²) in [7, 11) is 0. The van der Waals surface area contributed by atoms with Crippen molar-refractivity contribution in [1.29, 1.82) is 0 Å². The Bertz CT molecular complexity index is 140. The first-order chi connectivity index (χ1) is 3.39. The summed E-state index contributed by atoms with van der Waals surface area (Å²) in [5.74, 6) is 0. The Labute approximate surface area is 65.3 Å². The molecule has 0 spiro atoms. The SMILES string of the molecule is Cc1cccn[nH+]1.[I-]. The zero-order chi connectivity index (χ0) is 5.11. The van der Waals surface area contributed by atoms with Gasteiger partial charge in [-0.2, -0.15) is 0 Å². The number of aryl methyl sites for hydroxylation is 1. The maximum Gasteiger partial charge on any atom is 0.202 e. The highest BCUT2D eigenvalue weighted by Gasteiger charge is 1.83. The highest BCUT2D eigenvalue weighted by Crippen LogP contribution is 1.77. The molecule has 0 aliphatic carbocycles. The predicted molar refractivity (Wildman–Crippen MR) is 25.5 cm³/mol. The summed E-state index contributed by atoms with van der Waals surface area (Å²) in [4.78, 5) is 0. The molecule has 8 heavy (non-hydrogen) atoms. The van der Waals surface area contributed by atoms with Crippen LogP contribution in [-0.2, 0) is 0 Å². The van der Waals surface area contributed by atoms with Gasteiger partial charge in [-0.3, -0.25) is 0 Å². The molecule has 0 unspecified atom stereocenters. The lowest BCUT2D eigenvalue weighted by Crippen LogP contribution is -3.00. The Hall–Kier alpha value is -0.190. The molecule has 44 valence electrons. The molecule has 0 aliphatic rings. The molecular weight excluding hydrogens is 215 g/mol. The fraction of sp³-hybridized carbons (Fsp3) is 0.200. The quantitative estimate of drug-likeness (QED) is 0.436. The van der Waals surface area contributed by atoms with Gasteiger partial charge in [0.2, 0.25) is 5.69 Å². The fourth-order valence-corrected chi connectivity index (χ4v) is 0.407. The van der Waals surface area contributed by atoms with Crippen LogP contribution in [0, 0.1) is 6.92 Å². The van der Waals surface area contributed by atoms with E-state index in [4.69, 9.17) is 0 Å². The first-order valence-electron chi connectivity index (χ1n) is 2.19. The second kappa shape index (κ2) is 3.77. The molecule has 2 nitrogen and oxygen atoms in total. The van der Waals surface area contributed by atoms with Crippen LogP contribution in [0.4, 0.5) is 0 Å². The number of nitrogens with one attached hydrogen (secondary N) is 1. The number of hydrogen-bond acceptors (Lipinski definition) is 1. The van der Waals surface area contributed by atoms with Gasteiger partial charge in [0.15, 0.2) is 0 Å². The third kappa shape index (κ3) is 2.20. The maximum atomic E-state index is 3.76. The lowest BCUT2D eigenvalue weighted by Gasteiger charge is -1.72. The molecule has 1 aromatic heterocycles. The smallest absolute Gasteiger partial charge is 0.202 e. The average Bonchev–Trinajstić information content (AvgIpc) is 1.69. The van der Waals surface area contributed by atoms with Crippen LogP contribution in [0.5, 0.6) is 0 Å². The van der Waals surface area contributed by atoms with Crippen LogP contribution in [0.3, 0.4) is 0 Å². The van der Waals surface area contributed by atoms with Crippen LogP contribution in [0.2, 0.25) is 0 Å². The molecule has 0 aromatic carbocycles. The van der Waals surface area contributed by atoms with Crippen LogP contribution in [0.1, 0.15) is 5.69 Å². The Morgan fingerprint density at radius 1 is 1.62 bits per heavy atom. The van der Waals surface area contributed by atoms with Gasteiger partial charge < -0.3 is 24.0 Å². The van der Waals surface area contributed by atoms with Crippen molar-refractivity contribution in [1.82, 2.24) is 5.10 Å². The summed E-state index contributed by atoms with van der Waals surface area (Å²) in [5.41, 5.74) is 1.09. The summed E-state index contributed by atoms with van der Waals surface area (Å²) in [6, 6.07) is 3.86. The normalized spacial score (nSPS) is 7.62. The zero-order valence-electron chi connectivity index (χ0n) is 4.56. The van der Waals surface area contributed by atoms with E-state index in [-0.39, 0.29) is 24.0 Å².